The highest BCUT2D eigenvalue weighted by Gasteiger charge is 2.23. The number of rotatable bonds is 2. The van der Waals surface area contributed by atoms with E-state index in [2.05, 4.69) is 10.5 Å². The van der Waals surface area contributed by atoms with Crippen LogP contribution in [0.3, 0.4) is 0 Å². The number of hydrogen-bond donors (Lipinski definition) is 1. The second kappa shape index (κ2) is 5.26. The van der Waals surface area contributed by atoms with Gasteiger partial charge in [0, 0.05) is 6.04 Å². The van der Waals surface area contributed by atoms with E-state index in [1.54, 1.807) is 6.21 Å². The van der Waals surface area contributed by atoms with E-state index in [9.17, 15) is 4.79 Å². The summed E-state index contributed by atoms with van der Waals surface area (Å²) in [6.07, 6.45) is 5.17. The van der Waals surface area contributed by atoms with E-state index in [0.29, 0.717) is 0 Å². The van der Waals surface area contributed by atoms with Crippen molar-refractivity contribution in [2.24, 2.45) is 10.6 Å². The summed E-state index contributed by atoms with van der Waals surface area (Å²) in [6, 6.07) is 0.256. The van der Waals surface area contributed by atoms with Gasteiger partial charge in [-0.1, -0.05) is 11.6 Å². The van der Waals surface area contributed by atoms with Crippen molar-refractivity contribution in [2.75, 3.05) is 6.54 Å². The zero-order valence-electron chi connectivity index (χ0n) is 9.75. The van der Waals surface area contributed by atoms with Crippen LogP contribution in [0.4, 0.5) is 0 Å². The van der Waals surface area contributed by atoms with Gasteiger partial charge < -0.3 is 10.2 Å². The van der Waals surface area contributed by atoms with Gasteiger partial charge in [0.15, 0.2) is 0 Å². The minimum atomic E-state index is -0.489. The average molecular weight is 212 g/mol. The second-order valence-corrected chi connectivity index (χ2v) is 4.94. The highest BCUT2D eigenvalue weighted by Crippen LogP contribution is 2.15. The summed E-state index contributed by atoms with van der Waals surface area (Å²) in [5, 5.41) is 7.02. The van der Waals surface area contributed by atoms with Gasteiger partial charge in [-0.3, -0.25) is 0 Å². The third-order valence-electron chi connectivity index (χ3n) is 2.34. The molecule has 15 heavy (non-hydrogen) atoms. The fraction of sp³-hybridized carbons (Fsp3) is 0.818. The lowest BCUT2D eigenvalue weighted by Gasteiger charge is -2.19. The molecule has 1 N–H and O–H groups in total. The van der Waals surface area contributed by atoms with Gasteiger partial charge in [0.25, 0.3) is 0 Å². The van der Waals surface area contributed by atoms with Gasteiger partial charge in [-0.2, -0.15) is 0 Å². The van der Waals surface area contributed by atoms with E-state index in [4.69, 9.17) is 4.84 Å². The molecule has 1 aliphatic heterocycles. The van der Waals surface area contributed by atoms with Gasteiger partial charge in [-0.05, 0) is 40.2 Å². The fourth-order valence-electron chi connectivity index (χ4n) is 1.29. The highest BCUT2D eigenvalue weighted by atomic mass is 16.7. The molecule has 0 amide bonds. The number of piperidine rings is 1. The third-order valence-corrected chi connectivity index (χ3v) is 2.34. The summed E-state index contributed by atoms with van der Waals surface area (Å²) >= 11 is 0. The zero-order valence-corrected chi connectivity index (χ0v) is 9.75. The van der Waals surface area contributed by atoms with E-state index >= 15 is 0 Å². The first-order chi connectivity index (χ1) is 7.00. The van der Waals surface area contributed by atoms with Gasteiger partial charge in [-0.15, -0.1) is 0 Å². The van der Waals surface area contributed by atoms with Crippen molar-refractivity contribution in [3.8, 4) is 0 Å². The molecule has 1 saturated heterocycles. The molecule has 1 aliphatic rings. The molecule has 0 saturated carbocycles. The zero-order chi connectivity index (χ0) is 11.3. The van der Waals surface area contributed by atoms with E-state index in [-0.39, 0.29) is 12.0 Å². The molecular formula is C11H20N2O2. The molecule has 0 aromatic carbocycles. The lowest BCUT2D eigenvalue weighted by molar-refractivity contribution is -0.152. The molecule has 0 radical (unpaired) electrons. The number of nitrogens with one attached hydrogen (secondary N) is 1. The third kappa shape index (κ3) is 4.42. The Balaban J connectivity index is 2.29. The predicted molar refractivity (Wildman–Crippen MR) is 59.7 cm³/mol. The molecule has 4 nitrogen and oxygen atoms in total. The minimum Gasteiger partial charge on any atom is -0.318 e. The van der Waals surface area contributed by atoms with Crippen LogP contribution in [0, 0.1) is 5.41 Å². The molecule has 1 atom stereocenters. The van der Waals surface area contributed by atoms with Crippen LogP contribution in [0.5, 0.6) is 0 Å². The van der Waals surface area contributed by atoms with Crippen molar-refractivity contribution < 1.29 is 9.63 Å². The van der Waals surface area contributed by atoms with Gasteiger partial charge in [-0.25, -0.2) is 4.79 Å². The highest BCUT2D eigenvalue weighted by molar-refractivity contribution is 5.76. The summed E-state index contributed by atoms with van der Waals surface area (Å²) in [4.78, 5) is 16.1. The predicted octanol–water partition coefficient (Wildman–Crippen LogP) is 1.70. The number of nitrogens with zero attached hydrogens (tertiary/aromatic N) is 1. The van der Waals surface area contributed by atoms with Crippen molar-refractivity contribution in [3.05, 3.63) is 0 Å². The molecule has 1 heterocycles. The normalized spacial score (nSPS) is 23.0. The Labute approximate surface area is 91.1 Å². The van der Waals surface area contributed by atoms with Crippen LogP contribution in [0.2, 0.25) is 0 Å². The first-order valence-electron chi connectivity index (χ1n) is 5.48. The maximum atomic E-state index is 11.3. The monoisotopic (exact) mass is 212 g/mol. The topological polar surface area (TPSA) is 50.7 Å². The Morgan fingerprint density at radius 1 is 1.47 bits per heavy atom. The summed E-state index contributed by atoms with van der Waals surface area (Å²) in [5.41, 5.74) is -0.489. The van der Waals surface area contributed by atoms with Gasteiger partial charge >= 0.3 is 5.97 Å². The molecule has 86 valence electrons. The van der Waals surface area contributed by atoms with Crippen LogP contribution < -0.4 is 5.32 Å². The minimum absolute atomic E-state index is 0.256. The smallest absolute Gasteiger partial charge is 0.318 e. The van der Waals surface area contributed by atoms with Crippen LogP contribution in [0.25, 0.3) is 0 Å². The van der Waals surface area contributed by atoms with Gasteiger partial charge in [0.05, 0.1) is 11.6 Å². The number of hydrogen-bond acceptors (Lipinski definition) is 4. The summed E-state index contributed by atoms with van der Waals surface area (Å²) < 4.78 is 0. The molecule has 0 bridgehead atoms. The van der Waals surface area contributed by atoms with Crippen molar-refractivity contribution in [1.29, 1.82) is 0 Å². The standard InChI is InChI=1S/C11H20N2O2/c1-11(2,3)10(14)15-13-8-9-6-4-5-7-12-9/h8-9,12H,4-7H2,1-3H3. The van der Waals surface area contributed by atoms with Gasteiger partial charge in [0.1, 0.15) is 0 Å². The molecule has 4 heteroatoms. The summed E-state index contributed by atoms with van der Waals surface area (Å²) in [5.74, 6) is -0.297. The Bertz CT molecular complexity index is 237. The number of oxime groups is 1. The van der Waals surface area contributed by atoms with E-state index in [1.165, 1.54) is 12.8 Å². The number of carbonyl (C=O) groups excluding carboxylic acids is 1. The Morgan fingerprint density at radius 2 is 2.20 bits per heavy atom. The maximum Gasteiger partial charge on any atom is 0.340 e. The first kappa shape index (κ1) is 12.2. The fourth-order valence-corrected chi connectivity index (χ4v) is 1.29. The Morgan fingerprint density at radius 3 is 2.73 bits per heavy atom. The SMILES string of the molecule is CC(C)(C)C(=O)ON=CC1CCCCN1. The van der Waals surface area contributed by atoms with Crippen LogP contribution >= 0.6 is 0 Å². The van der Waals surface area contributed by atoms with Crippen molar-refractivity contribution in [2.45, 2.75) is 46.1 Å². The molecule has 0 spiro atoms. The van der Waals surface area contributed by atoms with Crippen molar-refractivity contribution in [1.82, 2.24) is 5.32 Å². The maximum absolute atomic E-state index is 11.3. The largest absolute Gasteiger partial charge is 0.340 e. The second-order valence-electron chi connectivity index (χ2n) is 4.94. The molecular weight excluding hydrogens is 192 g/mol. The van der Waals surface area contributed by atoms with Crippen molar-refractivity contribution >= 4 is 12.2 Å². The van der Waals surface area contributed by atoms with Crippen LogP contribution in [-0.2, 0) is 9.63 Å². The lowest BCUT2D eigenvalue weighted by Crippen LogP contribution is -2.35. The molecule has 1 rings (SSSR count). The average Bonchev–Trinajstić information content (AvgIpc) is 2.18. The molecule has 0 aromatic heterocycles. The van der Waals surface area contributed by atoms with E-state index < -0.39 is 5.41 Å². The van der Waals surface area contributed by atoms with Crippen LogP contribution in [0.15, 0.2) is 5.16 Å². The van der Waals surface area contributed by atoms with Crippen LogP contribution in [0.1, 0.15) is 40.0 Å². The van der Waals surface area contributed by atoms with E-state index in [0.717, 1.165) is 13.0 Å². The molecule has 0 aliphatic carbocycles. The summed E-state index contributed by atoms with van der Waals surface area (Å²) in [7, 11) is 0. The number of carbonyl (C=O) groups is 1. The van der Waals surface area contributed by atoms with E-state index in [1.807, 2.05) is 20.8 Å². The Kier molecular flexibility index (Phi) is 4.27. The summed E-state index contributed by atoms with van der Waals surface area (Å²) in [6.45, 7) is 6.45. The Hall–Kier alpha value is -0.900. The molecule has 1 unspecified atom stereocenters. The quantitative estimate of drug-likeness (QED) is 0.430. The van der Waals surface area contributed by atoms with Crippen molar-refractivity contribution in [3.63, 3.8) is 0 Å². The van der Waals surface area contributed by atoms with Crippen LogP contribution in [-0.4, -0.2) is 24.8 Å². The molecule has 0 aromatic rings. The molecule has 1 fully saturated rings. The first-order valence-corrected chi connectivity index (χ1v) is 5.48. The van der Waals surface area contributed by atoms with Gasteiger partial charge in [0.2, 0.25) is 0 Å². The lowest BCUT2D eigenvalue weighted by atomic mass is 9.98.